The van der Waals surface area contributed by atoms with Gasteiger partial charge in [0.15, 0.2) is 0 Å². The zero-order valence-corrected chi connectivity index (χ0v) is 12.9. The largest absolute Gasteiger partial charge is 0.382 e. The lowest BCUT2D eigenvalue weighted by atomic mass is 9.97. The summed E-state index contributed by atoms with van der Waals surface area (Å²) < 4.78 is 31.6. The molecule has 124 valence electrons. The standard InChI is InChI=1S/C16H18F2N2O3/c1-3-15(9-23-2)13(21)20(14(22)19-15)11-6-4-5-10(7-11)12-8-16(12,17)18/h4-7,12H,3,8-9H2,1-2H3,(H,19,22). The molecule has 7 heteroatoms. The van der Waals surface area contributed by atoms with E-state index in [0.29, 0.717) is 17.7 Å². The molecule has 5 nitrogen and oxygen atoms in total. The number of hydrogen-bond acceptors (Lipinski definition) is 3. The van der Waals surface area contributed by atoms with Gasteiger partial charge in [0.25, 0.3) is 11.8 Å². The van der Waals surface area contributed by atoms with Crippen LogP contribution in [0.15, 0.2) is 24.3 Å². The maximum absolute atomic E-state index is 13.2. The first-order chi connectivity index (χ1) is 10.8. The minimum atomic E-state index is -2.70. The van der Waals surface area contributed by atoms with Gasteiger partial charge in [0.1, 0.15) is 5.54 Å². The van der Waals surface area contributed by atoms with Crippen molar-refractivity contribution in [3.63, 3.8) is 0 Å². The molecule has 1 aromatic rings. The molecule has 3 amide bonds. The van der Waals surface area contributed by atoms with Crippen LogP contribution in [0.2, 0.25) is 0 Å². The van der Waals surface area contributed by atoms with Crippen LogP contribution in [0.1, 0.15) is 31.2 Å². The number of carbonyl (C=O) groups excluding carboxylic acids is 2. The van der Waals surface area contributed by atoms with E-state index in [1.54, 1.807) is 25.1 Å². The van der Waals surface area contributed by atoms with E-state index in [-0.39, 0.29) is 13.0 Å². The van der Waals surface area contributed by atoms with Crippen LogP contribution in [0.5, 0.6) is 0 Å². The van der Waals surface area contributed by atoms with E-state index >= 15 is 0 Å². The zero-order chi connectivity index (χ0) is 16.8. The fraction of sp³-hybridized carbons (Fsp3) is 0.500. The van der Waals surface area contributed by atoms with Crippen LogP contribution in [0.25, 0.3) is 0 Å². The van der Waals surface area contributed by atoms with Gasteiger partial charge in [0.05, 0.1) is 18.2 Å². The van der Waals surface area contributed by atoms with E-state index in [4.69, 9.17) is 4.74 Å². The van der Waals surface area contributed by atoms with Crippen LogP contribution in [0, 0.1) is 0 Å². The molecule has 2 aliphatic rings. The summed E-state index contributed by atoms with van der Waals surface area (Å²) >= 11 is 0. The summed E-state index contributed by atoms with van der Waals surface area (Å²) in [5.41, 5.74) is -0.362. The molecule has 1 N–H and O–H groups in total. The molecule has 0 aromatic heterocycles. The number of methoxy groups -OCH3 is 1. The summed E-state index contributed by atoms with van der Waals surface area (Å²) in [6, 6.07) is 5.67. The Labute approximate surface area is 132 Å². The second-order valence-corrected chi connectivity index (χ2v) is 6.05. The van der Waals surface area contributed by atoms with Crippen LogP contribution in [0.3, 0.4) is 0 Å². The number of rotatable bonds is 5. The molecular formula is C16H18F2N2O3. The number of imide groups is 1. The lowest BCUT2D eigenvalue weighted by Crippen LogP contribution is -2.50. The molecule has 2 fully saturated rings. The van der Waals surface area contributed by atoms with Gasteiger partial charge in [-0.2, -0.15) is 0 Å². The van der Waals surface area contributed by atoms with Crippen molar-refractivity contribution < 1.29 is 23.1 Å². The molecule has 1 heterocycles. The summed E-state index contributed by atoms with van der Waals surface area (Å²) in [6.45, 7) is 1.84. The molecule has 3 rings (SSSR count). The van der Waals surface area contributed by atoms with Crippen molar-refractivity contribution in [3.8, 4) is 0 Å². The van der Waals surface area contributed by atoms with E-state index in [1.807, 2.05) is 0 Å². The highest BCUT2D eigenvalue weighted by atomic mass is 19.3. The van der Waals surface area contributed by atoms with Gasteiger partial charge in [-0.3, -0.25) is 4.79 Å². The minimum Gasteiger partial charge on any atom is -0.382 e. The summed E-state index contributed by atoms with van der Waals surface area (Å²) in [4.78, 5) is 26.0. The molecule has 2 atom stereocenters. The Hall–Kier alpha value is -2.02. The first-order valence-electron chi connectivity index (χ1n) is 7.48. The van der Waals surface area contributed by atoms with Crippen LogP contribution in [-0.2, 0) is 9.53 Å². The Balaban J connectivity index is 1.91. The number of amides is 3. The number of nitrogens with one attached hydrogen (secondary N) is 1. The lowest BCUT2D eigenvalue weighted by Gasteiger charge is -2.24. The quantitative estimate of drug-likeness (QED) is 0.847. The average Bonchev–Trinajstić information content (AvgIpc) is 3.07. The van der Waals surface area contributed by atoms with Gasteiger partial charge in [-0.15, -0.1) is 0 Å². The SMILES string of the molecule is CCC1(COC)NC(=O)N(c2cccc(C3CC3(F)F)c2)C1=O. The van der Waals surface area contributed by atoms with Gasteiger partial charge >= 0.3 is 6.03 Å². The lowest BCUT2D eigenvalue weighted by molar-refractivity contribution is -0.124. The molecular weight excluding hydrogens is 306 g/mol. The smallest absolute Gasteiger partial charge is 0.329 e. The first-order valence-corrected chi connectivity index (χ1v) is 7.48. The van der Waals surface area contributed by atoms with E-state index in [2.05, 4.69) is 5.32 Å². The number of alkyl halides is 2. The highest BCUT2D eigenvalue weighted by Gasteiger charge is 2.58. The summed E-state index contributed by atoms with van der Waals surface area (Å²) in [5.74, 6) is -3.95. The molecule has 23 heavy (non-hydrogen) atoms. The molecule has 1 aliphatic carbocycles. The second-order valence-electron chi connectivity index (χ2n) is 6.05. The summed E-state index contributed by atoms with van der Waals surface area (Å²) in [6.07, 6.45) is 0.182. The topological polar surface area (TPSA) is 58.6 Å². The summed E-state index contributed by atoms with van der Waals surface area (Å²) in [7, 11) is 1.45. The molecule has 1 saturated carbocycles. The van der Waals surface area contributed by atoms with Crippen LogP contribution in [-0.4, -0.2) is 37.1 Å². The number of ether oxygens (including phenoxy) is 1. The second kappa shape index (κ2) is 5.26. The third-order valence-electron chi connectivity index (χ3n) is 4.51. The molecule has 0 radical (unpaired) electrons. The average molecular weight is 324 g/mol. The van der Waals surface area contributed by atoms with Gasteiger partial charge in [-0.1, -0.05) is 19.1 Å². The van der Waals surface area contributed by atoms with E-state index in [0.717, 1.165) is 4.90 Å². The number of urea groups is 1. The van der Waals surface area contributed by atoms with Gasteiger partial charge < -0.3 is 10.1 Å². The third kappa shape index (κ3) is 2.49. The van der Waals surface area contributed by atoms with Crippen molar-refractivity contribution >= 4 is 17.6 Å². The maximum Gasteiger partial charge on any atom is 0.329 e. The van der Waals surface area contributed by atoms with Gasteiger partial charge in [0, 0.05) is 13.5 Å². The van der Waals surface area contributed by atoms with Crippen molar-refractivity contribution in [2.45, 2.75) is 37.1 Å². The van der Waals surface area contributed by atoms with E-state index < -0.39 is 29.3 Å². The maximum atomic E-state index is 13.2. The Kier molecular flexibility index (Phi) is 3.63. The van der Waals surface area contributed by atoms with Crippen molar-refractivity contribution in [2.24, 2.45) is 0 Å². The number of nitrogens with zero attached hydrogens (tertiary/aromatic N) is 1. The fourth-order valence-electron chi connectivity index (χ4n) is 3.00. The number of hydrogen-bond donors (Lipinski definition) is 1. The molecule has 1 aromatic carbocycles. The molecule has 0 spiro atoms. The summed E-state index contributed by atoms with van der Waals surface area (Å²) in [5, 5.41) is 2.66. The van der Waals surface area contributed by atoms with Crippen molar-refractivity contribution in [1.82, 2.24) is 5.32 Å². The van der Waals surface area contributed by atoms with Crippen LogP contribution < -0.4 is 10.2 Å². The van der Waals surface area contributed by atoms with Crippen molar-refractivity contribution in [3.05, 3.63) is 29.8 Å². The first kappa shape index (κ1) is 15.9. The minimum absolute atomic E-state index is 0.0605. The van der Waals surface area contributed by atoms with E-state index in [9.17, 15) is 18.4 Å². The number of carbonyl (C=O) groups is 2. The predicted molar refractivity (Wildman–Crippen MR) is 79.7 cm³/mol. The monoisotopic (exact) mass is 324 g/mol. The number of anilines is 1. The van der Waals surface area contributed by atoms with Gasteiger partial charge in [-0.05, 0) is 24.1 Å². The molecule has 1 aliphatic heterocycles. The predicted octanol–water partition coefficient (Wildman–Crippen LogP) is 2.66. The van der Waals surface area contributed by atoms with Crippen molar-refractivity contribution in [1.29, 1.82) is 0 Å². The van der Waals surface area contributed by atoms with Crippen molar-refractivity contribution in [2.75, 3.05) is 18.6 Å². The Morgan fingerprint density at radius 2 is 2.09 bits per heavy atom. The number of benzene rings is 1. The third-order valence-corrected chi connectivity index (χ3v) is 4.51. The highest BCUT2D eigenvalue weighted by Crippen LogP contribution is 2.56. The Bertz CT molecular complexity index is 664. The fourth-order valence-corrected chi connectivity index (χ4v) is 3.00. The molecule has 0 bridgehead atoms. The highest BCUT2D eigenvalue weighted by molar-refractivity contribution is 6.23. The van der Waals surface area contributed by atoms with Crippen LogP contribution in [0.4, 0.5) is 19.3 Å². The molecule has 2 unspecified atom stereocenters. The Morgan fingerprint density at radius 1 is 1.39 bits per heavy atom. The Morgan fingerprint density at radius 3 is 2.65 bits per heavy atom. The van der Waals surface area contributed by atoms with Gasteiger partial charge in [0.2, 0.25) is 0 Å². The van der Waals surface area contributed by atoms with E-state index in [1.165, 1.54) is 13.2 Å². The zero-order valence-electron chi connectivity index (χ0n) is 12.9. The van der Waals surface area contributed by atoms with Gasteiger partial charge in [-0.25, -0.2) is 18.5 Å². The normalized spacial score (nSPS) is 28.9. The van der Waals surface area contributed by atoms with Crippen LogP contribution >= 0.6 is 0 Å². The molecule has 1 saturated heterocycles. The number of halogens is 2.